The zero-order valence-electron chi connectivity index (χ0n) is 12.9. The van der Waals surface area contributed by atoms with Crippen molar-refractivity contribution in [3.63, 3.8) is 0 Å². The smallest absolute Gasteiger partial charge is 0.338 e. The largest absolute Gasteiger partial charge is 0.449 e. The van der Waals surface area contributed by atoms with E-state index in [9.17, 15) is 9.59 Å². The first-order chi connectivity index (χ1) is 11.4. The Kier molecular flexibility index (Phi) is 6.06. The molecule has 2 rings (SSSR count). The Bertz CT molecular complexity index is 748. The maximum Gasteiger partial charge on any atom is 0.338 e. The Morgan fingerprint density at radius 2 is 1.83 bits per heavy atom. The van der Waals surface area contributed by atoms with Gasteiger partial charge in [0.1, 0.15) is 0 Å². The highest BCUT2D eigenvalue weighted by Gasteiger charge is 2.22. The second-order valence-corrected chi connectivity index (χ2v) is 5.88. The lowest BCUT2D eigenvalue weighted by Gasteiger charge is -2.17. The first-order valence-electron chi connectivity index (χ1n) is 7.23. The summed E-state index contributed by atoms with van der Waals surface area (Å²) in [6.07, 6.45) is -0.643. The first-order valence-corrected chi connectivity index (χ1v) is 7.98. The van der Waals surface area contributed by atoms with Crippen LogP contribution in [0.4, 0.5) is 11.4 Å². The van der Waals surface area contributed by atoms with E-state index in [1.54, 1.807) is 31.2 Å². The van der Waals surface area contributed by atoms with Crippen molar-refractivity contribution < 1.29 is 14.3 Å². The molecule has 1 amide bonds. The van der Waals surface area contributed by atoms with Gasteiger partial charge in [-0.3, -0.25) is 4.79 Å². The van der Waals surface area contributed by atoms with Crippen LogP contribution in [0.5, 0.6) is 0 Å². The number of nitrogens with two attached hydrogens (primary N) is 1. The summed E-state index contributed by atoms with van der Waals surface area (Å²) in [5, 5.41) is 3.39. The van der Waals surface area contributed by atoms with Crippen molar-refractivity contribution in [3.8, 4) is 0 Å². The maximum absolute atomic E-state index is 12.3. The van der Waals surface area contributed by atoms with Crippen LogP contribution in [0.3, 0.4) is 0 Å². The van der Waals surface area contributed by atoms with Gasteiger partial charge in [0.15, 0.2) is 6.10 Å². The van der Waals surface area contributed by atoms with Gasteiger partial charge in [-0.05, 0) is 48.9 Å². The second-order valence-electron chi connectivity index (χ2n) is 5.04. The molecule has 0 aliphatic heterocycles. The van der Waals surface area contributed by atoms with Crippen molar-refractivity contribution in [1.82, 2.24) is 0 Å². The molecule has 0 saturated carbocycles. The molecule has 0 aliphatic rings. The normalized spacial score (nSPS) is 11.6. The summed E-state index contributed by atoms with van der Waals surface area (Å²) in [6, 6.07) is 11.0. The molecule has 126 valence electrons. The number of halogens is 2. The highest BCUT2D eigenvalue weighted by atomic mass is 35.5. The van der Waals surface area contributed by atoms with Crippen LogP contribution in [0.2, 0.25) is 10.0 Å². The molecule has 5 nitrogen and oxygen atoms in total. The number of nitrogens with one attached hydrogen (secondary N) is 1. The number of esters is 1. The van der Waals surface area contributed by atoms with Crippen molar-refractivity contribution in [2.75, 3.05) is 11.1 Å². The molecule has 0 fully saturated rings. The second kappa shape index (κ2) is 8.04. The topological polar surface area (TPSA) is 81.4 Å². The number of nitrogen functional groups attached to an aromatic ring is 1. The van der Waals surface area contributed by atoms with E-state index >= 15 is 0 Å². The molecule has 0 bridgehead atoms. The lowest BCUT2D eigenvalue weighted by molar-refractivity contribution is -0.124. The Balaban J connectivity index is 2.07. The highest BCUT2D eigenvalue weighted by molar-refractivity contribution is 6.35. The molecule has 0 radical (unpaired) electrons. The van der Waals surface area contributed by atoms with Crippen LogP contribution in [0.25, 0.3) is 0 Å². The van der Waals surface area contributed by atoms with Gasteiger partial charge in [-0.25, -0.2) is 4.79 Å². The van der Waals surface area contributed by atoms with E-state index in [4.69, 9.17) is 33.7 Å². The monoisotopic (exact) mass is 366 g/mol. The minimum Gasteiger partial charge on any atom is -0.449 e. The van der Waals surface area contributed by atoms with Gasteiger partial charge < -0.3 is 15.8 Å². The number of ether oxygens (including phenoxy) is 1. The summed E-state index contributed by atoms with van der Waals surface area (Å²) in [6.45, 7) is 1.74. The minimum atomic E-state index is -0.954. The molecule has 2 aromatic rings. The molecule has 1 unspecified atom stereocenters. The first kappa shape index (κ1) is 18.1. The predicted octanol–water partition coefficient (Wildman–Crippen LogP) is 4.15. The van der Waals surface area contributed by atoms with Gasteiger partial charge in [0, 0.05) is 10.7 Å². The highest BCUT2D eigenvalue weighted by Crippen LogP contribution is 2.25. The van der Waals surface area contributed by atoms with E-state index in [-0.39, 0.29) is 0 Å². The summed E-state index contributed by atoms with van der Waals surface area (Å²) in [7, 11) is 0. The lowest BCUT2D eigenvalue weighted by Crippen LogP contribution is -2.32. The molecule has 0 saturated heterocycles. The number of benzene rings is 2. The average Bonchev–Trinajstić information content (AvgIpc) is 2.56. The Hall–Kier alpha value is -2.24. The van der Waals surface area contributed by atoms with Gasteiger partial charge in [-0.2, -0.15) is 0 Å². The van der Waals surface area contributed by atoms with Crippen LogP contribution in [-0.2, 0) is 9.53 Å². The molecule has 2 aromatic carbocycles. The molecule has 0 aliphatic carbocycles. The molecular weight excluding hydrogens is 351 g/mol. The van der Waals surface area contributed by atoms with E-state index in [0.717, 1.165) is 0 Å². The Morgan fingerprint density at radius 1 is 1.17 bits per heavy atom. The number of rotatable bonds is 5. The van der Waals surface area contributed by atoms with Crippen molar-refractivity contribution in [2.24, 2.45) is 0 Å². The van der Waals surface area contributed by atoms with Gasteiger partial charge in [0.25, 0.3) is 5.91 Å². The molecular formula is C17H16Cl2N2O3. The van der Waals surface area contributed by atoms with Crippen molar-refractivity contribution >= 4 is 46.5 Å². The average molecular weight is 367 g/mol. The number of carbonyl (C=O) groups excluding carboxylic acids is 2. The van der Waals surface area contributed by atoms with Crippen LogP contribution in [0, 0.1) is 0 Å². The van der Waals surface area contributed by atoms with Gasteiger partial charge in [-0.1, -0.05) is 30.1 Å². The van der Waals surface area contributed by atoms with Gasteiger partial charge >= 0.3 is 5.97 Å². The zero-order valence-corrected chi connectivity index (χ0v) is 14.4. The van der Waals surface area contributed by atoms with E-state index in [1.807, 2.05) is 0 Å². The molecule has 0 aromatic heterocycles. The summed E-state index contributed by atoms with van der Waals surface area (Å²) >= 11 is 11.9. The minimum absolute atomic E-state index is 0.310. The van der Waals surface area contributed by atoms with E-state index in [1.165, 1.54) is 18.2 Å². The summed E-state index contributed by atoms with van der Waals surface area (Å²) < 4.78 is 5.26. The fourth-order valence-electron chi connectivity index (χ4n) is 1.95. The van der Waals surface area contributed by atoms with Crippen LogP contribution in [0.1, 0.15) is 23.7 Å². The van der Waals surface area contributed by atoms with Crippen molar-refractivity contribution in [2.45, 2.75) is 19.4 Å². The Morgan fingerprint density at radius 3 is 2.46 bits per heavy atom. The summed E-state index contributed by atoms with van der Waals surface area (Å²) in [4.78, 5) is 24.4. The standard InChI is InChI=1S/C17H16Cl2N2O3/c1-2-15(24-17(23)10-3-6-12(20)7-4-10)16(22)21-14-9-11(18)5-8-13(14)19/h3-9,15H,2,20H2,1H3,(H,21,22). The maximum atomic E-state index is 12.3. The van der Waals surface area contributed by atoms with E-state index in [0.29, 0.717) is 33.4 Å². The third-order valence-electron chi connectivity index (χ3n) is 3.25. The Labute approximate surface area is 149 Å². The zero-order chi connectivity index (χ0) is 17.7. The third kappa shape index (κ3) is 4.63. The van der Waals surface area contributed by atoms with E-state index in [2.05, 4.69) is 5.32 Å². The SMILES string of the molecule is CCC(OC(=O)c1ccc(N)cc1)C(=O)Nc1cc(Cl)ccc1Cl. The fourth-order valence-corrected chi connectivity index (χ4v) is 2.28. The molecule has 7 heteroatoms. The number of carbonyl (C=O) groups is 2. The molecule has 24 heavy (non-hydrogen) atoms. The molecule has 0 spiro atoms. The number of hydrogen-bond acceptors (Lipinski definition) is 4. The third-order valence-corrected chi connectivity index (χ3v) is 3.81. The molecule has 1 atom stereocenters. The summed E-state index contributed by atoms with van der Waals surface area (Å²) in [5.74, 6) is -1.08. The van der Waals surface area contributed by atoms with Gasteiger partial charge in [0.2, 0.25) is 0 Å². The van der Waals surface area contributed by atoms with Crippen molar-refractivity contribution in [3.05, 3.63) is 58.1 Å². The molecule has 0 heterocycles. The van der Waals surface area contributed by atoms with E-state index < -0.39 is 18.0 Å². The van der Waals surface area contributed by atoms with Crippen molar-refractivity contribution in [1.29, 1.82) is 0 Å². The van der Waals surface area contributed by atoms with Gasteiger partial charge in [-0.15, -0.1) is 0 Å². The number of amides is 1. The van der Waals surface area contributed by atoms with Crippen LogP contribution < -0.4 is 11.1 Å². The molecule has 3 N–H and O–H groups in total. The fraction of sp³-hybridized carbons (Fsp3) is 0.176. The van der Waals surface area contributed by atoms with Crippen LogP contribution in [-0.4, -0.2) is 18.0 Å². The quantitative estimate of drug-likeness (QED) is 0.615. The lowest BCUT2D eigenvalue weighted by atomic mass is 10.2. The van der Waals surface area contributed by atoms with Gasteiger partial charge in [0.05, 0.1) is 16.3 Å². The van der Waals surface area contributed by atoms with Crippen LogP contribution >= 0.6 is 23.2 Å². The number of anilines is 2. The number of hydrogen-bond donors (Lipinski definition) is 2. The predicted molar refractivity (Wildman–Crippen MR) is 95.4 cm³/mol. The van der Waals surface area contributed by atoms with Crippen LogP contribution in [0.15, 0.2) is 42.5 Å². The summed E-state index contributed by atoms with van der Waals surface area (Å²) in [5.41, 5.74) is 6.78.